The van der Waals surface area contributed by atoms with E-state index in [-0.39, 0.29) is 29.7 Å². The fourth-order valence-electron chi connectivity index (χ4n) is 8.22. The molecule has 3 heterocycles. The summed E-state index contributed by atoms with van der Waals surface area (Å²) in [6.07, 6.45) is 11.7. The monoisotopic (exact) mass is 539 g/mol. The molecule has 2 aliphatic carbocycles. The van der Waals surface area contributed by atoms with Crippen molar-refractivity contribution in [3.63, 3.8) is 0 Å². The van der Waals surface area contributed by atoms with Gasteiger partial charge in [-0.25, -0.2) is 0 Å². The second-order valence-electron chi connectivity index (χ2n) is 11.7. The van der Waals surface area contributed by atoms with Crippen molar-refractivity contribution in [3.8, 4) is 5.75 Å². The molecule has 3 aliphatic heterocycles. The van der Waals surface area contributed by atoms with Crippen LogP contribution in [0.3, 0.4) is 0 Å². The number of Topliss-reactive ketones (excluding diaryl/α,β-unsaturated/α-hetero) is 1. The molecule has 5 atom stereocenters. The van der Waals surface area contributed by atoms with Crippen LogP contribution in [0, 0.1) is 5.92 Å². The summed E-state index contributed by atoms with van der Waals surface area (Å²) in [6.45, 7) is 0.936. The van der Waals surface area contributed by atoms with Crippen LogP contribution in [0.4, 0.5) is 0 Å². The Hall–Kier alpha value is -4.22. The number of fused-ring (bicyclic) bond motifs is 7. The highest BCUT2D eigenvalue weighted by Gasteiger charge is 2.67. The van der Waals surface area contributed by atoms with Gasteiger partial charge in [0.05, 0.1) is 36.2 Å². The Labute approximate surface area is 240 Å². The van der Waals surface area contributed by atoms with Crippen molar-refractivity contribution in [3.05, 3.63) is 131 Å². The Morgan fingerprint density at radius 3 is 2.61 bits per heavy atom. The molecule has 5 nitrogen and oxygen atoms in total. The van der Waals surface area contributed by atoms with Crippen LogP contribution >= 0.6 is 0 Å². The average molecular weight is 540 g/mol. The minimum absolute atomic E-state index is 0.00790. The third kappa shape index (κ3) is 3.45. The second kappa shape index (κ2) is 9.42. The lowest BCUT2D eigenvalue weighted by molar-refractivity contribution is 0.0648. The van der Waals surface area contributed by atoms with Crippen molar-refractivity contribution in [2.45, 2.75) is 42.8 Å². The van der Waals surface area contributed by atoms with Crippen molar-refractivity contribution in [2.24, 2.45) is 10.9 Å². The van der Waals surface area contributed by atoms with Crippen LogP contribution in [0.5, 0.6) is 5.75 Å². The molecule has 204 valence electrons. The predicted octanol–water partition coefficient (Wildman–Crippen LogP) is 6.26. The molecule has 2 saturated heterocycles. The molecule has 41 heavy (non-hydrogen) atoms. The van der Waals surface area contributed by atoms with Gasteiger partial charge in [-0.2, -0.15) is 0 Å². The summed E-state index contributed by atoms with van der Waals surface area (Å²) in [7, 11) is 1.70. The number of aliphatic imine (C=N–C) groups is 1. The lowest BCUT2D eigenvalue weighted by atomic mass is 9.68. The Bertz CT molecular complexity index is 1650. The molecule has 3 aromatic carbocycles. The zero-order valence-electron chi connectivity index (χ0n) is 23.2. The third-order valence-electron chi connectivity index (χ3n) is 9.81. The van der Waals surface area contributed by atoms with Crippen LogP contribution in [0.2, 0.25) is 0 Å². The number of methoxy groups -OCH3 is 1. The largest absolute Gasteiger partial charge is 0.497 e. The third-order valence-corrected chi connectivity index (χ3v) is 9.81. The van der Waals surface area contributed by atoms with Crippen molar-refractivity contribution < 1.29 is 9.53 Å². The molecule has 5 aliphatic rings. The molecule has 0 radical (unpaired) electrons. The zero-order valence-corrected chi connectivity index (χ0v) is 23.2. The van der Waals surface area contributed by atoms with Gasteiger partial charge in [-0.1, -0.05) is 91.4 Å². The Morgan fingerprint density at radius 1 is 0.976 bits per heavy atom. The molecule has 0 amide bonds. The van der Waals surface area contributed by atoms with E-state index >= 15 is 4.79 Å². The highest BCUT2D eigenvalue weighted by atomic mass is 16.5. The maximum atomic E-state index is 15.1. The predicted molar refractivity (Wildman–Crippen MR) is 162 cm³/mol. The number of nitrogens with zero attached hydrogens (tertiary/aromatic N) is 2. The number of piperidine rings is 1. The van der Waals surface area contributed by atoms with Crippen LogP contribution in [0.1, 0.15) is 52.2 Å². The van der Waals surface area contributed by atoms with Gasteiger partial charge in [-0.15, -0.1) is 0 Å². The first-order valence-corrected chi connectivity index (χ1v) is 14.8. The van der Waals surface area contributed by atoms with Crippen molar-refractivity contribution >= 4 is 17.2 Å². The van der Waals surface area contributed by atoms with Crippen LogP contribution < -0.4 is 10.1 Å². The number of carbonyl (C=O) groups excluding carboxylic acids is 1. The number of nitrogens with one attached hydrogen (secondary N) is 1. The van der Waals surface area contributed by atoms with Crippen molar-refractivity contribution in [2.75, 3.05) is 13.7 Å². The number of benzene rings is 3. The standard InChI is InChI=1S/C36H33N3O2/c1-41-25-20-18-23(19-21-25)31-30-17-9-10-22-39(30)36(32(31)34(40)24-11-3-2-4-12-24)27-14-6-5-13-26(27)33-35(36)38-29-16-8-7-15-28(29)37-33/h2-8,11-16,18-21,28,30-32,37H,9-10,17,22H2,1H3/t28?,30-,31-,32-,36+/m1/s1. The fraction of sp³-hybridized carbons (Fsp3) is 0.278. The first-order valence-electron chi connectivity index (χ1n) is 14.8. The summed E-state index contributed by atoms with van der Waals surface area (Å²) < 4.78 is 5.52. The van der Waals surface area contributed by atoms with Crippen LogP contribution in [0.15, 0.2) is 114 Å². The van der Waals surface area contributed by atoms with Crippen molar-refractivity contribution in [1.82, 2.24) is 10.2 Å². The zero-order chi connectivity index (χ0) is 27.6. The van der Waals surface area contributed by atoms with Gasteiger partial charge < -0.3 is 10.1 Å². The van der Waals surface area contributed by atoms with Crippen LogP contribution in [0.25, 0.3) is 5.70 Å². The minimum Gasteiger partial charge on any atom is -0.497 e. The molecule has 2 fully saturated rings. The van der Waals surface area contributed by atoms with Crippen molar-refractivity contribution in [1.29, 1.82) is 0 Å². The Kier molecular flexibility index (Phi) is 5.64. The van der Waals surface area contributed by atoms with Gasteiger partial charge in [-0.05, 0) is 48.7 Å². The second-order valence-corrected chi connectivity index (χ2v) is 11.7. The summed E-state index contributed by atoms with van der Waals surface area (Å²) in [4.78, 5) is 23.2. The van der Waals surface area contributed by atoms with E-state index in [1.54, 1.807) is 7.11 Å². The number of hydrogen-bond acceptors (Lipinski definition) is 5. The molecule has 3 aromatic rings. The molecule has 1 N–H and O–H groups in total. The maximum Gasteiger partial charge on any atom is 0.169 e. The van der Waals surface area contributed by atoms with Gasteiger partial charge in [0.25, 0.3) is 0 Å². The normalized spacial score (nSPS) is 29.3. The number of rotatable bonds is 4. The van der Waals surface area contributed by atoms with E-state index < -0.39 is 5.54 Å². The lowest BCUT2D eigenvalue weighted by Gasteiger charge is -2.44. The molecular weight excluding hydrogens is 506 g/mol. The molecular formula is C36H33N3O2. The molecule has 5 heteroatoms. The molecule has 1 unspecified atom stereocenters. The Morgan fingerprint density at radius 2 is 1.78 bits per heavy atom. The number of carbonyl (C=O) groups is 1. The van der Waals surface area contributed by atoms with Gasteiger partial charge in [0, 0.05) is 23.1 Å². The quantitative estimate of drug-likeness (QED) is 0.398. The van der Waals surface area contributed by atoms with E-state index in [2.05, 4.69) is 70.9 Å². The molecule has 0 bridgehead atoms. The average Bonchev–Trinajstić information content (AvgIpc) is 3.50. The maximum absolute atomic E-state index is 15.1. The van der Waals surface area contributed by atoms with E-state index in [0.717, 1.165) is 54.2 Å². The number of ether oxygens (including phenoxy) is 1. The minimum atomic E-state index is -0.672. The van der Waals surface area contributed by atoms with Crippen LogP contribution in [-0.4, -0.2) is 42.1 Å². The number of ketones is 1. The van der Waals surface area contributed by atoms with E-state index in [9.17, 15) is 0 Å². The highest BCUT2D eigenvalue weighted by Crippen LogP contribution is 2.64. The summed E-state index contributed by atoms with van der Waals surface area (Å²) in [6, 6.07) is 27.2. The van der Waals surface area contributed by atoms with E-state index in [1.165, 1.54) is 16.7 Å². The first-order chi connectivity index (χ1) is 20.2. The molecule has 1 spiro atoms. The van der Waals surface area contributed by atoms with Crippen LogP contribution in [-0.2, 0) is 5.54 Å². The Balaban J connectivity index is 1.42. The molecule has 0 saturated carbocycles. The summed E-state index contributed by atoms with van der Waals surface area (Å²) in [5.41, 5.74) is 6.72. The van der Waals surface area contributed by atoms with Gasteiger partial charge >= 0.3 is 0 Å². The smallest absolute Gasteiger partial charge is 0.169 e. The van der Waals surface area contributed by atoms with E-state index in [4.69, 9.17) is 9.73 Å². The molecule has 0 aromatic heterocycles. The molecule has 8 rings (SSSR count). The van der Waals surface area contributed by atoms with Gasteiger partial charge in [0.15, 0.2) is 5.78 Å². The van der Waals surface area contributed by atoms with Gasteiger partial charge in [0.2, 0.25) is 0 Å². The van der Waals surface area contributed by atoms with Gasteiger partial charge in [0.1, 0.15) is 11.3 Å². The topological polar surface area (TPSA) is 53.9 Å². The lowest BCUT2D eigenvalue weighted by Crippen LogP contribution is -2.52. The fourth-order valence-corrected chi connectivity index (χ4v) is 8.22. The summed E-state index contributed by atoms with van der Waals surface area (Å²) in [5.74, 6) is 0.676. The SMILES string of the molecule is COc1ccc([C@@H]2[C@H]3CCCCN3[C@]3(C4=C(NC5C=CC=CC5=N4)c4ccccc43)[C@H]2C(=O)c2ccccc2)cc1. The van der Waals surface area contributed by atoms with Gasteiger partial charge in [-0.3, -0.25) is 14.7 Å². The van der Waals surface area contributed by atoms with E-state index in [1.807, 2.05) is 42.5 Å². The highest BCUT2D eigenvalue weighted by molar-refractivity contribution is 6.07. The first kappa shape index (κ1) is 24.6. The summed E-state index contributed by atoms with van der Waals surface area (Å²) in [5, 5.41) is 3.85. The number of hydrogen-bond donors (Lipinski definition) is 1. The summed E-state index contributed by atoms with van der Waals surface area (Å²) >= 11 is 0. The van der Waals surface area contributed by atoms with E-state index in [0.29, 0.717) is 0 Å². The number of allylic oxidation sites excluding steroid dienone is 2.